The quantitative estimate of drug-likeness (QED) is 0.339. The third-order valence-electron chi connectivity index (χ3n) is 6.16. The summed E-state index contributed by atoms with van der Waals surface area (Å²) in [4.78, 5) is 18.2. The van der Waals surface area contributed by atoms with Crippen molar-refractivity contribution in [1.29, 1.82) is 0 Å². The largest absolute Gasteiger partial charge is 0.497 e. The number of nitrogens with zero attached hydrogens (tertiary/aromatic N) is 5. The van der Waals surface area contributed by atoms with Gasteiger partial charge in [-0.25, -0.2) is 9.07 Å². The lowest BCUT2D eigenvalue weighted by Gasteiger charge is -2.33. The van der Waals surface area contributed by atoms with Gasteiger partial charge in [0.1, 0.15) is 11.6 Å². The predicted octanol–water partition coefficient (Wildman–Crippen LogP) is 3.71. The van der Waals surface area contributed by atoms with Gasteiger partial charge in [-0.3, -0.25) is 9.69 Å². The molecule has 4 rings (SSSR count). The fourth-order valence-corrected chi connectivity index (χ4v) is 4.41. The maximum Gasteiger partial charge on any atom is 0.252 e. The lowest BCUT2D eigenvalue weighted by Crippen LogP contribution is -2.35. The summed E-state index contributed by atoms with van der Waals surface area (Å²) >= 11 is 0. The van der Waals surface area contributed by atoms with Crippen molar-refractivity contribution in [3.63, 3.8) is 0 Å². The van der Waals surface area contributed by atoms with E-state index in [0.717, 1.165) is 16.5 Å². The van der Waals surface area contributed by atoms with Crippen LogP contribution in [0.4, 0.5) is 4.39 Å². The van der Waals surface area contributed by atoms with Crippen LogP contribution < -0.4 is 10.3 Å². The number of halogens is 1. The molecule has 2 heterocycles. The van der Waals surface area contributed by atoms with Crippen LogP contribution in [0.1, 0.15) is 36.8 Å². The van der Waals surface area contributed by atoms with Crippen LogP contribution in [0, 0.1) is 11.7 Å². The van der Waals surface area contributed by atoms with Crippen LogP contribution in [0.25, 0.3) is 10.9 Å². The maximum atomic E-state index is 13.6. The molecule has 0 fully saturated rings. The van der Waals surface area contributed by atoms with Crippen LogP contribution in [0.3, 0.4) is 0 Å². The second-order valence-electron chi connectivity index (χ2n) is 9.05. The summed E-state index contributed by atoms with van der Waals surface area (Å²) in [7, 11) is 3.24. The van der Waals surface area contributed by atoms with Gasteiger partial charge in [-0.2, -0.15) is 0 Å². The molecule has 0 saturated carbocycles. The number of pyridine rings is 1. The summed E-state index contributed by atoms with van der Waals surface area (Å²) in [6, 6.07) is 13.6. The number of fused-ring (bicyclic) bond motifs is 1. The first kappa shape index (κ1) is 25.5. The molecule has 0 spiro atoms. The number of nitrogens with one attached hydrogen (secondary N) is 1. The Morgan fingerprint density at radius 3 is 2.56 bits per heavy atom. The number of methoxy groups -OCH3 is 2. The number of hydrogen-bond acceptors (Lipinski definition) is 7. The normalized spacial score (nSPS) is 12.5. The first-order valence-corrected chi connectivity index (χ1v) is 11.8. The van der Waals surface area contributed by atoms with Crippen molar-refractivity contribution in [3.8, 4) is 5.75 Å². The van der Waals surface area contributed by atoms with Gasteiger partial charge in [0.05, 0.1) is 26.3 Å². The fraction of sp³-hybridized carbons (Fsp3) is 0.385. The molecule has 0 aliphatic rings. The van der Waals surface area contributed by atoms with Gasteiger partial charge in [0.2, 0.25) is 0 Å². The highest BCUT2D eigenvalue weighted by Gasteiger charge is 2.30. The molecule has 190 valence electrons. The van der Waals surface area contributed by atoms with Crippen LogP contribution in [0.5, 0.6) is 5.75 Å². The first-order chi connectivity index (χ1) is 17.4. The fourth-order valence-electron chi connectivity index (χ4n) is 4.41. The van der Waals surface area contributed by atoms with Gasteiger partial charge in [0.25, 0.3) is 5.56 Å². The van der Waals surface area contributed by atoms with E-state index in [9.17, 15) is 9.18 Å². The number of aromatic nitrogens is 5. The SMILES string of the molecule is COCCn1nnnc1[C@H](C(C)C)N(Cc1ccc(F)cc1)Cc1cc2cc(OC)ccc2[nH]c1=O. The van der Waals surface area contributed by atoms with E-state index in [1.807, 2.05) is 24.3 Å². The molecule has 4 aromatic rings. The maximum absolute atomic E-state index is 13.6. The van der Waals surface area contributed by atoms with Crippen molar-refractivity contribution in [2.24, 2.45) is 5.92 Å². The van der Waals surface area contributed by atoms with Gasteiger partial charge in [0, 0.05) is 36.7 Å². The molecule has 0 unspecified atom stereocenters. The topological polar surface area (TPSA) is 98.2 Å². The molecule has 1 atom stereocenters. The molecule has 0 aliphatic heterocycles. The average molecular weight is 495 g/mol. The zero-order chi connectivity index (χ0) is 25.7. The van der Waals surface area contributed by atoms with Crippen molar-refractivity contribution >= 4 is 10.9 Å². The smallest absolute Gasteiger partial charge is 0.252 e. The first-order valence-electron chi connectivity index (χ1n) is 11.8. The van der Waals surface area contributed by atoms with Crippen LogP contribution in [-0.2, 0) is 24.4 Å². The number of H-pyrrole nitrogens is 1. The van der Waals surface area contributed by atoms with Crippen molar-refractivity contribution in [3.05, 3.63) is 81.7 Å². The number of tetrazole rings is 1. The third-order valence-corrected chi connectivity index (χ3v) is 6.16. The summed E-state index contributed by atoms with van der Waals surface area (Å²) in [5.74, 6) is 1.20. The van der Waals surface area contributed by atoms with Gasteiger partial charge >= 0.3 is 0 Å². The summed E-state index contributed by atoms with van der Waals surface area (Å²) in [6.45, 7) is 5.95. The molecule has 36 heavy (non-hydrogen) atoms. The van der Waals surface area contributed by atoms with Gasteiger partial charge in [-0.1, -0.05) is 26.0 Å². The van der Waals surface area contributed by atoms with Crippen LogP contribution >= 0.6 is 0 Å². The third kappa shape index (κ3) is 5.77. The van der Waals surface area contributed by atoms with Crippen molar-refractivity contribution in [2.75, 3.05) is 20.8 Å². The number of benzene rings is 2. The highest BCUT2D eigenvalue weighted by molar-refractivity contribution is 5.80. The van der Waals surface area contributed by atoms with E-state index in [1.165, 1.54) is 12.1 Å². The van der Waals surface area contributed by atoms with Gasteiger partial charge < -0.3 is 14.5 Å². The Hall–Kier alpha value is -3.63. The highest BCUT2D eigenvalue weighted by Crippen LogP contribution is 2.30. The number of aromatic amines is 1. The lowest BCUT2D eigenvalue weighted by atomic mass is 9.99. The van der Waals surface area contributed by atoms with Crippen LogP contribution in [-0.4, -0.2) is 50.9 Å². The predicted molar refractivity (Wildman–Crippen MR) is 134 cm³/mol. The minimum Gasteiger partial charge on any atom is -0.497 e. The Morgan fingerprint density at radius 2 is 1.86 bits per heavy atom. The minimum absolute atomic E-state index is 0.109. The Labute approximate surface area is 208 Å². The second-order valence-corrected chi connectivity index (χ2v) is 9.05. The molecule has 0 bridgehead atoms. The Kier molecular flexibility index (Phi) is 8.07. The molecule has 0 aliphatic carbocycles. The molecule has 2 aromatic heterocycles. The zero-order valence-corrected chi connectivity index (χ0v) is 20.9. The number of hydrogen-bond donors (Lipinski definition) is 1. The van der Waals surface area contributed by atoms with Gasteiger partial charge in [-0.05, 0) is 58.3 Å². The second kappa shape index (κ2) is 11.4. The van der Waals surface area contributed by atoms with E-state index in [-0.39, 0.29) is 23.3 Å². The monoisotopic (exact) mass is 494 g/mol. The summed E-state index contributed by atoms with van der Waals surface area (Å²) < 4.78 is 25.9. The van der Waals surface area contributed by atoms with E-state index < -0.39 is 0 Å². The Bertz CT molecular complexity index is 1350. The van der Waals surface area contributed by atoms with E-state index in [1.54, 1.807) is 31.0 Å². The van der Waals surface area contributed by atoms with E-state index >= 15 is 0 Å². The van der Waals surface area contributed by atoms with Crippen molar-refractivity contribution in [2.45, 2.75) is 39.5 Å². The Balaban J connectivity index is 1.76. The summed E-state index contributed by atoms with van der Waals surface area (Å²) in [6.07, 6.45) is 0. The van der Waals surface area contributed by atoms with Gasteiger partial charge in [-0.15, -0.1) is 5.10 Å². The highest BCUT2D eigenvalue weighted by atomic mass is 19.1. The van der Waals surface area contributed by atoms with Crippen molar-refractivity contribution in [1.82, 2.24) is 30.1 Å². The number of ether oxygens (including phenoxy) is 2. The molecule has 0 saturated heterocycles. The van der Waals surface area contributed by atoms with Gasteiger partial charge in [0.15, 0.2) is 5.82 Å². The molecule has 9 nitrogen and oxygen atoms in total. The molecule has 0 amide bonds. The average Bonchev–Trinajstić information content (AvgIpc) is 3.32. The molecule has 2 aromatic carbocycles. The van der Waals surface area contributed by atoms with Crippen molar-refractivity contribution < 1.29 is 13.9 Å². The standard InChI is InChI=1S/C26H31FN6O3/c1-17(2)24(25-29-30-31-33(25)11-12-35-3)32(15-18-5-7-21(27)8-6-18)16-20-13-19-14-22(36-4)9-10-23(19)28-26(20)34/h5-10,13-14,17,24H,11-12,15-16H2,1-4H3,(H,28,34)/t24-/m0/s1. The molecule has 10 heteroatoms. The minimum atomic E-state index is -0.297. The molecular weight excluding hydrogens is 463 g/mol. The lowest BCUT2D eigenvalue weighted by molar-refractivity contribution is 0.121. The van der Waals surface area contributed by atoms with E-state index in [0.29, 0.717) is 43.4 Å². The molecule has 0 radical (unpaired) electrons. The summed E-state index contributed by atoms with van der Waals surface area (Å²) in [5.41, 5.74) is 2.08. The molecular formula is C26H31FN6O3. The van der Waals surface area contributed by atoms with E-state index in [2.05, 4.69) is 39.3 Å². The van der Waals surface area contributed by atoms with Crippen LogP contribution in [0.2, 0.25) is 0 Å². The number of rotatable bonds is 11. The van der Waals surface area contributed by atoms with E-state index in [4.69, 9.17) is 9.47 Å². The molecule has 1 N–H and O–H groups in total. The summed E-state index contributed by atoms with van der Waals surface area (Å²) in [5, 5.41) is 13.3. The Morgan fingerprint density at radius 1 is 1.08 bits per heavy atom. The van der Waals surface area contributed by atoms with Crippen LogP contribution in [0.15, 0.2) is 53.3 Å². The zero-order valence-electron chi connectivity index (χ0n) is 20.9.